The summed E-state index contributed by atoms with van der Waals surface area (Å²) in [6, 6.07) is 0. The maximum Gasteiger partial charge on any atom is 0.317 e. The van der Waals surface area contributed by atoms with Gasteiger partial charge < -0.3 is 16.6 Å². The lowest BCUT2D eigenvalue weighted by molar-refractivity contribution is -0.140. The molecule has 0 aliphatic carbocycles. The highest BCUT2D eigenvalue weighted by Crippen LogP contribution is 2.08. The van der Waals surface area contributed by atoms with Gasteiger partial charge in [-0.25, -0.2) is 0 Å². The van der Waals surface area contributed by atoms with Crippen LogP contribution in [0, 0.1) is 0 Å². The molecule has 0 aliphatic rings. The Hall–Kier alpha value is -0.360. The average molecular weight is 282 g/mol. The topological polar surface area (TPSA) is 92.6 Å². The van der Waals surface area contributed by atoms with Crippen LogP contribution in [0.5, 0.6) is 0 Å². The molecular weight excluding hydrogens is 254 g/mol. The zero-order valence-corrected chi connectivity index (χ0v) is 12.3. The van der Waals surface area contributed by atoms with Crippen LogP contribution in [-0.2, 0) is 4.79 Å². The predicted octanol–water partition coefficient (Wildman–Crippen LogP) is 1.75. The quantitative estimate of drug-likeness (QED) is 0.419. The van der Waals surface area contributed by atoms with E-state index >= 15 is 0 Å². The average Bonchev–Trinajstić information content (AvgIpc) is 2.19. The van der Waals surface area contributed by atoms with Crippen LogP contribution in [0.2, 0.25) is 0 Å². The molecule has 18 heavy (non-hydrogen) atoms. The summed E-state index contributed by atoms with van der Waals surface area (Å²) in [7, 11) is 0. The van der Waals surface area contributed by atoms with Gasteiger partial charge in [0.2, 0.25) is 0 Å². The molecule has 0 radical (unpaired) electrons. The molecule has 6 heteroatoms. The van der Waals surface area contributed by atoms with Crippen molar-refractivity contribution in [3.63, 3.8) is 0 Å². The number of unbranched alkanes of at least 4 members (excludes halogenated alkanes) is 5. The Balaban J connectivity index is 0. The number of hydrogen-bond acceptors (Lipinski definition) is 4. The minimum absolute atomic E-state index is 0. The minimum Gasteiger partial charge on any atom is -0.480 e. The molecule has 0 rings (SSSR count). The number of carboxylic acid groups (broad SMARTS) is 1. The summed E-state index contributed by atoms with van der Waals surface area (Å²) in [5, 5.41) is 8.77. The molecule has 0 bridgehead atoms. The second-order valence-corrected chi connectivity index (χ2v) is 4.81. The van der Waals surface area contributed by atoms with E-state index in [0.29, 0.717) is 6.54 Å². The number of nitrogens with two attached hydrogens (primary N) is 2. The van der Waals surface area contributed by atoms with E-state index in [9.17, 15) is 4.79 Å². The molecule has 0 spiro atoms. The van der Waals surface area contributed by atoms with Crippen LogP contribution in [0.4, 0.5) is 0 Å². The molecule has 0 saturated heterocycles. The van der Waals surface area contributed by atoms with Crippen molar-refractivity contribution in [3.05, 3.63) is 0 Å². The second-order valence-electron chi connectivity index (χ2n) is 4.81. The lowest BCUT2D eigenvalue weighted by Gasteiger charge is -2.33. The highest BCUT2D eigenvalue weighted by Gasteiger charge is 2.23. The third-order valence-electron chi connectivity index (χ3n) is 2.79. The summed E-state index contributed by atoms with van der Waals surface area (Å²) in [6.07, 6.45) is 6.99. The normalized spacial score (nSPS) is 11.4. The van der Waals surface area contributed by atoms with Gasteiger partial charge in [0.25, 0.3) is 0 Å². The fraction of sp³-hybridized carbons (Fsp3) is 0.917. The SMILES string of the molecule is CCCCCCCCN(CC(=O)O)C(C)(N)N.Cl. The van der Waals surface area contributed by atoms with Gasteiger partial charge >= 0.3 is 5.97 Å². The summed E-state index contributed by atoms with van der Waals surface area (Å²) >= 11 is 0. The van der Waals surface area contributed by atoms with Crippen LogP contribution in [0.15, 0.2) is 0 Å². The van der Waals surface area contributed by atoms with Crippen molar-refractivity contribution in [2.24, 2.45) is 11.5 Å². The standard InChI is InChI=1S/C12H27N3O2.ClH/c1-3-4-5-6-7-8-9-15(10-11(16)17)12(2,13)14;/h3-10,13-14H2,1-2H3,(H,16,17);1H. The fourth-order valence-corrected chi connectivity index (χ4v) is 1.74. The van der Waals surface area contributed by atoms with Crippen LogP contribution < -0.4 is 11.5 Å². The Morgan fingerprint density at radius 3 is 2.11 bits per heavy atom. The zero-order valence-electron chi connectivity index (χ0n) is 11.5. The van der Waals surface area contributed by atoms with Gasteiger partial charge in [-0.1, -0.05) is 39.0 Å². The van der Waals surface area contributed by atoms with Crippen molar-refractivity contribution < 1.29 is 9.90 Å². The first-order valence-corrected chi connectivity index (χ1v) is 6.42. The number of rotatable bonds is 10. The van der Waals surface area contributed by atoms with Crippen molar-refractivity contribution in [1.82, 2.24) is 4.90 Å². The van der Waals surface area contributed by atoms with Crippen molar-refractivity contribution in [3.8, 4) is 0 Å². The summed E-state index contributed by atoms with van der Waals surface area (Å²) in [5.74, 6) is -1.94. The van der Waals surface area contributed by atoms with Crippen molar-refractivity contribution in [1.29, 1.82) is 0 Å². The fourth-order valence-electron chi connectivity index (χ4n) is 1.74. The first-order valence-electron chi connectivity index (χ1n) is 6.42. The second kappa shape index (κ2) is 10.6. The van der Waals surface area contributed by atoms with E-state index in [1.807, 2.05) is 0 Å². The summed E-state index contributed by atoms with van der Waals surface area (Å²) in [4.78, 5) is 12.3. The molecule has 0 amide bonds. The Bertz CT molecular complexity index is 220. The van der Waals surface area contributed by atoms with Gasteiger partial charge in [0.05, 0.1) is 6.54 Å². The van der Waals surface area contributed by atoms with Crippen molar-refractivity contribution >= 4 is 18.4 Å². The number of carbonyl (C=O) groups is 1. The van der Waals surface area contributed by atoms with Crippen LogP contribution in [0.1, 0.15) is 52.4 Å². The highest BCUT2D eigenvalue weighted by atomic mass is 35.5. The zero-order chi connectivity index (χ0) is 13.3. The first kappa shape index (κ1) is 20.0. The maximum absolute atomic E-state index is 10.7. The van der Waals surface area contributed by atoms with Gasteiger partial charge in [0.15, 0.2) is 0 Å². The predicted molar refractivity (Wildman–Crippen MR) is 76.6 cm³/mol. The van der Waals surface area contributed by atoms with E-state index in [1.54, 1.807) is 11.8 Å². The third-order valence-corrected chi connectivity index (χ3v) is 2.79. The molecule has 0 aromatic rings. The molecule has 0 unspecified atom stereocenters. The lowest BCUT2D eigenvalue weighted by Crippen LogP contribution is -2.62. The molecule has 0 saturated carbocycles. The van der Waals surface area contributed by atoms with Gasteiger partial charge in [-0.2, -0.15) is 0 Å². The molecule has 0 fully saturated rings. The summed E-state index contributed by atoms with van der Waals surface area (Å²) in [6.45, 7) is 4.36. The molecule has 0 aliphatic heterocycles. The molecule has 0 heterocycles. The lowest BCUT2D eigenvalue weighted by atomic mass is 10.1. The van der Waals surface area contributed by atoms with Crippen molar-refractivity contribution in [2.45, 2.75) is 58.2 Å². The van der Waals surface area contributed by atoms with Crippen LogP contribution in [0.3, 0.4) is 0 Å². The number of halogens is 1. The van der Waals surface area contributed by atoms with Gasteiger partial charge in [-0.3, -0.25) is 9.69 Å². The summed E-state index contributed by atoms with van der Waals surface area (Å²) < 4.78 is 0. The largest absolute Gasteiger partial charge is 0.480 e. The first-order chi connectivity index (χ1) is 7.88. The Labute approximate surface area is 116 Å². The molecule has 110 valence electrons. The van der Waals surface area contributed by atoms with Gasteiger partial charge in [0, 0.05) is 6.54 Å². The molecule has 0 aromatic heterocycles. The van der Waals surface area contributed by atoms with E-state index < -0.39 is 11.8 Å². The number of carboxylic acids is 1. The van der Waals surface area contributed by atoms with Crippen LogP contribution in [-0.4, -0.2) is 34.9 Å². The van der Waals surface area contributed by atoms with E-state index in [0.717, 1.165) is 12.8 Å². The molecule has 5 N–H and O–H groups in total. The Morgan fingerprint density at radius 2 is 1.67 bits per heavy atom. The minimum atomic E-state index is -1.05. The van der Waals surface area contributed by atoms with E-state index in [-0.39, 0.29) is 19.0 Å². The number of aliphatic carboxylic acids is 1. The van der Waals surface area contributed by atoms with Gasteiger partial charge in [0.1, 0.15) is 5.79 Å². The molecule has 0 atom stereocenters. The Kier molecular flexibility index (Phi) is 11.7. The van der Waals surface area contributed by atoms with E-state index in [2.05, 4.69) is 6.92 Å². The van der Waals surface area contributed by atoms with E-state index in [1.165, 1.54) is 25.7 Å². The molecular formula is C12H28ClN3O2. The van der Waals surface area contributed by atoms with Crippen LogP contribution >= 0.6 is 12.4 Å². The third kappa shape index (κ3) is 10.8. The number of hydrogen-bond donors (Lipinski definition) is 3. The monoisotopic (exact) mass is 281 g/mol. The van der Waals surface area contributed by atoms with Gasteiger partial charge in [-0.15, -0.1) is 12.4 Å². The summed E-state index contributed by atoms with van der Waals surface area (Å²) in [5.41, 5.74) is 11.5. The molecule has 5 nitrogen and oxygen atoms in total. The van der Waals surface area contributed by atoms with Gasteiger partial charge in [-0.05, 0) is 13.3 Å². The van der Waals surface area contributed by atoms with Crippen LogP contribution in [0.25, 0.3) is 0 Å². The smallest absolute Gasteiger partial charge is 0.317 e. The Morgan fingerprint density at radius 1 is 1.17 bits per heavy atom. The maximum atomic E-state index is 10.7. The highest BCUT2D eigenvalue weighted by molar-refractivity contribution is 5.85. The van der Waals surface area contributed by atoms with E-state index in [4.69, 9.17) is 16.6 Å². The molecule has 0 aromatic carbocycles. The number of nitrogens with zero attached hydrogens (tertiary/aromatic N) is 1. The van der Waals surface area contributed by atoms with Crippen molar-refractivity contribution in [2.75, 3.05) is 13.1 Å².